The number of aryl methyl sites for hydroxylation is 1. The van der Waals surface area contributed by atoms with E-state index >= 15 is 0 Å². The zero-order valence-electron chi connectivity index (χ0n) is 8.20. The molecule has 1 nitrogen and oxygen atoms in total. The van der Waals surface area contributed by atoms with Gasteiger partial charge in [-0.2, -0.15) is 0 Å². The topological polar surface area (TPSA) is 26.0 Å². The molecule has 13 heavy (non-hydrogen) atoms. The van der Waals surface area contributed by atoms with Crippen molar-refractivity contribution in [2.24, 2.45) is 0 Å². The highest BCUT2D eigenvalue weighted by Crippen LogP contribution is 2.31. The second-order valence-electron chi connectivity index (χ2n) is 3.16. The van der Waals surface area contributed by atoms with Gasteiger partial charge in [0.25, 0.3) is 0 Å². The Morgan fingerprint density at radius 3 is 2.38 bits per heavy atom. The summed E-state index contributed by atoms with van der Waals surface area (Å²) in [7, 11) is 0. The average molecular weight is 218 g/mol. The van der Waals surface area contributed by atoms with Gasteiger partial charge < -0.3 is 5.73 Å². The molecule has 0 aromatic heterocycles. The number of nitrogen functional groups attached to an aromatic ring is 1. The molecular weight excluding hydrogens is 202 g/mol. The van der Waals surface area contributed by atoms with Crippen LogP contribution in [0.1, 0.15) is 19.4 Å². The van der Waals surface area contributed by atoms with Crippen LogP contribution in [0.2, 0.25) is 0 Å². The SMILES string of the molecule is Cc1cccc(N)c1SC(C)C.Cl. The van der Waals surface area contributed by atoms with E-state index in [-0.39, 0.29) is 12.4 Å². The molecule has 0 aliphatic heterocycles. The molecule has 1 rings (SSSR count). The summed E-state index contributed by atoms with van der Waals surface area (Å²) in [6.07, 6.45) is 0. The third-order valence-electron chi connectivity index (χ3n) is 1.60. The van der Waals surface area contributed by atoms with Gasteiger partial charge in [0.15, 0.2) is 0 Å². The third kappa shape index (κ3) is 3.49. The fourth-order valence-electron chi connectivity index (χ4n) is 1.07. The van der Waals surface area contributed by atoms with Crippen molar-refractivity contribution in [3.05, 3.63) is 23.8 Å². The lowest BCUT2D eigenvalue weighted by Gasteiger charge is -2.10. The molecule has 0 spiro atoms. The maximum absolute atomic E-state index is 5.85. The number of anilines is 1. The van der Waals surface area contributed by atoms with Crippen molar-refractivity contribution in [1.29, 1.82) is 0 Å². The summed E-state index contributed by atoms with van der Waals surface area (Å²) < 4.78 is 0. The zero-order chi connectivity index (χ0) is 9.14. The zero-order valence-corrected chi connectivity index (χ0v) is 9.84. The van der Waals surface area contributed by atoms with Crippen LogP contribution in [0.5, 0.6) is 0 Å². The first-order valence-electron chi connectivity index (χ1n) is 4.13. The minimum atomic E-state index is 0. The van der Waals surface area contributed by atoms with Crippen LogP contribution >= 0.6 is 24.2 Å². The molecular formula is C10H16ClNS. The monoisotopic (exact) mass is 217 g/mol. The summed E-state index contributed by atoms with van der Waals surface area (Å²) in [5, 5.41) is 0.591. The van der Waals surface area contributed by atoms with Crippen LogP contribution in [0.4, 0.5) is 5.69 Å². The number of hydrogen-bond acceptors (Lipinski definition) is 2. The number of thioether (sulfide) groups is 1. The number of halogens is 1. The average Bonchev–Trinajstić information content (AvgIpc) is 1.97. The van der Waals surface area contributed by atoms with Gasteiger partial charge in [0, 0.05) is 15.8 Å². The lowest BCUT2D eigenvalue weighted by Crippen LogP contribution is -1.94. The standard InChI is InChI=1S/C10H15NS.ClH/c1-7(2)12-10-8(3)5-4-6-9(10)11;/h4-7H,11H2,1-3H3;1H. The molecule has 0 fully saturated rings. The van der Waals surface area contributed by atoms with Crippen molar-refractivity contribution >= 4 is 29.9 Å². The van der Waals surface area contributed by atoms with E-state index in [1.807, 2.05) is 23.9 Å². The minimum absolute atomic E-state index is 0. The van der Waals surface area contributed by atoms with Gasteiger partial charge in [0.05, 0.1) is 0 Å². The van der Waals surface area contributed by atoms with E-state index < -0.39 is 0 Å². The smallest absolute Gasteiger partial charge is 0.0455 e. The Balaban J connectivity index is 0.00000144. The Morgan fingerprint density at radius 2 is 1.92 bits per heavy atom. The Bertz CT molecular complexity index is 253. The summed E-state index contributed by atoms with van der Waals surface area (Å²) in [4.78, 5) is 1.23. The van der Waals surface area contributed by atoms with Crippen LogP contribution < -0.4 is 5.73 Å². The summed E-state index contributed by atoms with van der Waals surface area (Å²) in [6, 6.07) is 6.05. The largest absolute Gasteiger partial charge is 0.398 e. The van der Waals surface area contributed by atoms with E-state index in [0.29, 0.717) is 5.25 Å². The summed E-state index contributed by atoms with van der Waals surface area (Å²) in [5.41, 5.74) is 8.02. The third-order valence-corrected chi connectivity index (χ3v) is 2.86. The molecule has 0 radical (unpaired) electrons. The maximum Gasteiger partial charge on any atom is 0.0455 e. The Kier molecular flexibility index (Phi) is 5.26. The van der Waals surface area contributed by atoms with Crippen molar-refractivity contribution in [2.45, 2.75) is 30.9 Å². The summed E-state index contributed by atoms with van der Waals surface area (Å²) in [6.45, 7) is 6.45. The first-order chi connectivity index (χ1) is 5.61. The lowest BCUT2D eigenvalue weighted by molar-refractivity contribution is 1.10. The normalized spacial score (nSPS) is 9.85. The van der Waals surface area contributed by atoms with E-state index in [9.17, 15) is 0 Å². The van der Waals surface area contributed by atoms with E-state index in [1.165, 1.54) is 10.5 Å². The van der Waals surface area contributed by atoms with E-state index in [0.717, 1.165) is 5.69 Å². The first-order valence-corrected chi connectivity index (χ1v) is 5.01. The fourth-order valence-corrected chi connectivity index (χ4v) is 2.00. The first kappa shape index (κ1) is 12.7. The van der Waals surface area contributed by atoms with E-state index in [2.05, 4.69) is 26.8 Å². The van der Waals surface area contributed by atoms with E-state index in [1.54, 1.807) is 0 Å². The highest BCUT2D eigenvalue weighted by molar-refractivity contribution is 8.00. The van der Waals surface area contributed by atoms with Crippen LogP contribution in [-0.4, -0.2) is 5.25 Å². The maximum atomic E-state index is 5.85. The van der Waals surface area contributed by atoms with Gasteiger partial charge in [0.2, 0.25) is 0 Å². The second-order valence-corrected chi connectivity index (χ2v) is 4.75. The van der Waals surface area contributed by atoms with Gasteiger partial charge in [-0.05, 0) is 18.6 Å². The van der Waals surface area contributed by atoms with Crippen molar-refractivity contribution in [2.75, 3.05) is 5.73 Å². The Labute approximate surface area is 90.5 Å². The van der Waals surface area contributed by atoms with Crippen LogP contribution in [0.3, 0.4) is 0 Å². The highest BCUT2D eigenvalue weighted by Gasteiger charge is 2.04. The summed E-state index contributed by atoms with van der Waals surface area (Å²) in [5.74, 6) is 0. The van der Waals surface area contributed by atoms with Crippen molar-refractivity contribution < 1.29 is 0 Å². The fraction of sp³-hybridized carbons (Fsp3) is 0.400. The molecule has 0 atom stereocenters. The highest BCUT2D eigenvalue weighted by atomic mass is 35.5. The molecule has 1 aromatic rings. The van der Waals surface area contributed by atoms with Gasteiger partial charge in [-0.1, -0.05) is 26.0 Å². The van der Waals surface area contributed by atoms with E-state index in [4.69, 9.17) is 5.73 Å². The quantitative estimate of drug-likeness (QED) is 0.606. The van der Waals surface area contributed by atoms with Crippen LogP contribution in [0.15, 0.2) is 23.1 Å². The van der Waals surface area contributed by atoms with Gasteiger partial charge in [-0.3, -0.25) is 0 Å². The van der Waals surface area contributed by atoms with Gasteiger partial charge in [-0.15, -0.1) is 24.2 Å². The Hall–Kier alpha value is -0.340. The molecule has 1 aromatic carbocycles. The van der Waals surface area contributed by atoms with Crippen molar-refractivity contribution in [3.63, 3.8) is 0 Å². The molecule has 0 amide bonds. The van der Waals surface area contributed by atoms with Crippen molar-refractivity contribution in [3.8, 4) is 0 Å². The van der Waals surface area contributed by atoms with Crippen LogP contribution in [0, 0.1) is 6.92 Å². The molecule has 74 valence electrons. The summed E-state index contributed by atoms with van der Waals surface area (Å²) >= 11 is 1.83. The van der Waals surface area contributed by atoms with Gasteiger partial charge in [0.1, 0.15) is 0 Å². The molecule has 0 bridgehead atoms. The number of hydrogen-bond donors (Lipinski definition) is 1. The number of rotatable bonds is 2. The Morgan fingerprint density at radius 1 is 1.31 bits per heavy atom. The molecule has 0 heterocycles. The van der Waals surface area contributed by atoms with Gasteiger partial charge >= 0.3 is 0 Å². The molecule has 0 saturated heterocycles. The molecule has 0 aliphatic carbocycles. The van der Waals surface area contributed by atoms with Gasteiger partial charge in [-0.25, -0.2) is 0 Å². The number of benzene rings is 1. The predicted molar refractivity (Wildman–Crippen MR) is 63.8 cm³/mol. The molecule has 0 aliphatic rings. The van der Waals surface area contributed by atoms with Crippen molar-refractivity contribution in [1.82, 2.24) is 0 Å². The van der Waals surface area contributed by atoms with Crippen LogP contribution in [0.25, 0.3) is 0 Å². The second kappa shape index (κ2) is 5.40. The molecule has 2 N–H and O–H groups in total. The van der Waals surface area contributed by atoms with Crippen LogP contribution in [-0.2, 0) is 0 Å². The minimum Gasteiger partial charge on any atom is -0.398 e. The molecule has 0 unspecified atom stereocenters. The number of nitrogens with two attached hydrogens (primary N) is 1. The molecule has 0 saturated carbocycles. The predicted octanol–water partition coefficient (Wildman–Crippen LogP) is 3.50. The lowest BCUT2D eigenvalue weighted by atomic mass is 10.2. The molecule has 3 heteroatoms.